The highest BCUT2D eigenvalue weighted by molar-refractivity contribution is 6.11. The molecule has 24 heavy (non-hydrogen) atoms. The molecule has 2 heterocycles. The number of hydrogen-bond acceptors (Lipinski definition) is 3. The predicted molar refractivity (Wildman–Crippen MR) is 97.9 cm³/mol. The summed E-state index contributed by atoms with van der Waals surface area (Å²) in [5.74, 6) is 0.158. The molecule has 0 spiro atoms. The number of nitrogens with zero attached hydrogens (tertiary/aromatic N) is 3. The number of amides is 1. The summed E-state index contributed by atoms with van der Waals surface area (Å²) in [7, 11) is 5.75. The topological polar surface area (TPSA) is 37.7 Å². The molecule has 0 radical (unpaired) electrons. The first-order valence-corrected chi connectivity index (χ1v) is 8.71. The van der Waals surface area contributed by atoms with Gasteiger partial charge in [-0.05, 0) is 31.4 Å². The van der Waals surface area contributed by atoms with Crippen molar-refractivity contribution >= 4 is 22.5 Å². The summed E-state index contributed by atoms with van der Waals surface area (Å²) >= 11 is 0. The van der Waals surface area contributed by atoms with Crippen LogP contribution in [0.25, 0.3) is 10.9 Å². The number of anilines is 1. The maximum absolute atomic E-state index is 13.1. The molecule has 130 valence electrons. The van der Waals surface area contributed by atoms with Gasteiger partial charge in [0, 0.05) is 58.1 Å². The van der Waals surface area contributed by atoms with E-state index in [-0.39, 0.29) is 5.91 Å². The number of aromatic nitrogens is 1. The van der Waals surface area contributed by atoms with Gasteiger partial charge in [0.05, 0.1) is 17.7 Å². The van der Waals surface area contributed by atoms with E-state index < -0.39 is 0 Å². The van der Waals surface area contributed by atoms with Crippen molar-refractivity contribution in [2.45, 2.75) is 25.8 Å². The Morgan fingerprint density at radius 2 is 1.96 bits per heavy atom. The van der Waals surface area contributed by atoms with Crippen molar-refractivity contribution in [1.82, 2.24) is 9.47 Å². The average molecular weight is 329 g/mol. The van der Waals surface area contributed by atoms with Crippen molar-refractivity contribution in [3.63, 3.8) is 0 Å². The van der Waals surface area contributed by atoms with Gasteiger partial charge in [-0.2, -0.15) is 0 Å². The first-order valence-electron chi connectivity index (χ1n) is 8.71. The molecule has 5 nitrogen and oxygen atoms in total. The lowest BCUT2D eigenvalue weighted by molar-refractivity contribution is 0.0726. The van der Waals surface area contributed by atoms with Crippen LogP contribution < -0.4 is 4.90 Å². The van der Waals surface area contributed by atoms with Crippen LogP contribution in [0.4, 0.5) is 5.69 Å². The van der Waals surface area contributed by atoms with E-state index >= 15 is 0 Å². The number of carbonyl (C=O) groups excluding carboxylic acids is 1. The quantitative estimate of drug-likeness (QED) is 0.846. The van der Waals surface area contributed by atoms with Crippen molar-refractivity contribution in [3.05, 3.63) is 30.0 Å². The normalized spacial score (nSPS) is 15.0. The molecule has 1 aliphatic heterocycles. The third-order valence-electron chi connectivity index (χ3n) is 4.78. The molecule has 0 N–H and O–H groups in total. The maximum Gasteiger partial charge on any atom is 0.256 e. The molecule has 1 saturated heterocycles. The molecular weight excluding hydrogens is 302 g/mol. The second-order valence-electron chi connectivity index (χ2n) is 6.65. The first kappa shape index (κ1) is 16.8. The van der Waals surface area contributed by atoms with Crippen LogP contribution in [0, 0.1) is 0 Å². The van der Waals surface area contributed by atoms with Crippen molar-refractivity contribution < 1.29 is 9.53 Å². The molecule has 1 fully saturated rings. The smallest absolute Gasteiger partial charge is 0.256 e. The number of fused-ring (bicyclic) bond motifs is 1. The van der Waals surface area contributed by atoms with Crippen LogP contribution in [0.1, 0.15) is 29.6 Å². The van der Waals surface area contributed by atoms with Gasteiger partial charge in [-0.25, -0.2) is 0 Å². The van der Waals surface area contributed by atoms with Crippen LogP contribution in [0.15, 0.2) is 24.4 Å². The Hall–Kier alpha value is -2.01. The number of piperidine rings is 1. The van der Waals surface area contributed by atoms with Crippen LogP contribution in [0.2, 0.25) is 0 Å². The minimum absolute atomic E-state index is 0.158. The molecular formula is C19H27N3O2. The van der Waals surface area contributed by atoms with Gasteiger partial charge in [-0.3, -0.25) is 4.79 Å². The Bertz CT molecular complexity index is 715. The van der Waals surface area contributed by atoms with E-state index in [4.69, 9.17) is 4.74 Å². The lowest BCUT2D eigenvalue weighted by Gasteiger charge is -2.26. The van der Waals surface area contributed by atoms with Gasteiger partial charge in [0.25, 0.3) is 5.91 Å². The summed E-state index contributed by atoms with van der Waals surface area (Å²) in [6.07, 6.45) is 5.44. The minimum atomic E-state index is 0.158. The second-order valence-corrected chi connectivity index (χ2v) is 6.65. The lowest BCUT2D eigenvalue weighted by atomic mass is 10.1. The van der Waals surface area contributed by atoms with Gasteiger partial charge < -0.3 is 19.1 Å². The van der Waals surface area contributed by atoms with Crippen molar-refractivity contribution in [2.75, 3.05) is 45.8 Å². The standard InChI is InChI=1S/C19H27N3O2/c1-20(2)16-8-7-9-17-18(16)15(14-22(17)12-13-24-3)19(23)21-10-5-4-6-11-21/h7-9,14H,4-6,10-13H2,1-3H3. The van der Waals surface area contributed by atoms with E-state index in [1.54, 1.807) is 7.11 Å². The molecule has 5 heteroatoms. The van der Waals surface area contributed by atoms with Crippen molar-refractivity contribution in [2.24, 2.45) is 0 Å². The summed E-state index contributed by atoms with van der Waals surface area (Å²) in [5, 5.41) is 1.05. The Morgan fingerprint density at radius 1 is 1.21 bits per heavy atom. The highest BCUT2D eigenvalue weighted by Crippen LogP contribution is 2.32. The fraction of sp³-hybridized carbons (Fsp3) is 0.526. The molecule has 2 aromatic rings. The van der Waals surface area contributed by atoms with Gasteiger partial charge in [0.15, 0.2) is 0 Å². The SMILES string of the molecule is COCCn1cc(C(=O)N2CCCCC2)c2c(N(C)C)cccc21. The van der Waals surface area contributed by atoms with Gasteiger partial charge >= 0.3 is 0 Å². The van der Waals surface area contributed by atoms with Gasteiger partial charge in [0.1, 0.15) is 0 Å². The summed E-state index contributed by atoms with van der Waals surface area (Å²) in [5.41, 5.74) is 3.00. The largest absolute Gasteiger partial charge is 0.383 e. The Kier molecular flexibility index (Phi) is 5.09. The number of methoxy groups -OCH3 is 1. The van der Waals surface area contributed by atoms with E-state index in [9.17, 15) is 4.79 Å². The van der Waals surface area contributed by atoms with Crippen LogP contribution in [0.3, 0.4) is 0 Å². The van der Waals surface area contributed by atoms with E-state index in [1.807, 2.05) is 25.2 Å². The number of hydrogen-bond donors (Lipinski definition) is 0. The second kappa shape index (κ2) is 7.26. The van der Waals surface area contributed by atoms with Crippen LogP contribution in [-0.4, -0.2) is 56.3 Å². The van der Waals surface area contributed by atoms with Crippen LogP contribution >= 0.6 is 0 Å². The maximum atomic E-state index is 13.1. The highest BCUT2D eigenvalue weighted by atomic mass is 16.5. The summed E-state index contributed by atoms with van der Waals surface area (Å²) < 4.78 is 7.37. The molecule has 0 unspecified atom stereocenters. The first-order chi connectivity index (χ1) is 11.6. The fourth-order valence-electron chi connectivity index (χ4n) is 3.51. The van der Waals surface area contributed by atoms with Gasteiger partial charge in [-0.15, -0.1) is 0 Å². The molecule has 0 saturated carbocycles. The summed E-state index contributed by atoms with van der Waals surface area (Å²) in [4.78, 5) is 17.2. The number of ether oxygens (including phenoxy) is 1. The molecule has 3 rings (SSSR count). The van der Waals surface area contributed by atoms with Gasteiger partial charge in [0.2, 0.25) is 0 Å². The number of likely N-dealkylation sites (tertiary alicyclic amines) is 1. The zero-order valence-corrected chi connectivity index (χ0v) is 14.9. The number of benzene rings is 1. The third kappa shape index (κ3) is 3.13. The van der Waals surface area contributed by atoms with Crippen molar-refractivity contribution in [3.8, 4) is 0 Å². The van der Waals surface area contributed by atoms with Gasteiger partial charge in [-0.1, -0.05) is 6.07 Å². The molecule has 1 aromatic heterocycles. The monoisotopic (exact) mass is 329 g/mol. The average Bonchev–Trinajstić information content (AvgIpc) is 2.98. The number of rotatable bonds is 5. The lowest BCUT2D eigenvalue weighted by Crippen LogP contribution is -2.35. The third-order valence-corrected chi connectivity index (χ3v) is 4.78. The molecule has 1 aromatic carbocycles. The zero-order valence-electron chi connectivity index (χ0n) is 14.9. The Labute approximate surface area is 143 Å². The van der Waals surface area contributed by atoms with E-state index in [2.05, 4.69) is 27.7 Å². The summed E-state index contributed by atoms with van der Waals surface area (Å²) in [6, 6.07) is 6.22. The Balaban J connectivity index is 2.09. The van der Waals surface area contributed by atoms with E-state index in [1.165, 1.54) is 6.42 Å². The minimum Gasteiger partial charge on any atom is -0.383 e. The fourth-order valence-corrected chi connectivity index (χ4v) is 3.51. The summed E-state index contributed by atoms with van der Waals surface area (Å²) in [6.45, 7) is 3.12. The molecule has 0 bridgehead atoms. The zero-order chi connectivity index (χ0) is 17.1. The molecule has 1 amide bonds. The van der Waals surface area contributed by atoms with E-state index in [0.717, 1.165) is 54.6 Å². The Morgan fingerprint density at radius 3 is 2.62 bits per heavy atom. The van der Waals surface area contributed by atoms with Crippen molar-refractivity contribution in [1.29, 1.82) is 0 Å². The predicted octanol–water partition coefficient (Wildman–Crippen LogP) is 2.98. The number of carbonyl (C=O) groups is 1. The molecule has 1 aliphatic rings. The highest BCUT2D eigenvalue weighted by Gasteiger charge is 2.24. The molecule has 0 atom stereocenters. The van der Waals surface area contributed by atoms with E-state index in [0.29, 0.717) is 6.61 Å². The van der Waals surface area contributed by atoms with Crippen LogP contribution in [0.5, 0.6) is 0 Å². The van der Waals surface area contributed by atoms with Crippen LogP contribution in [-0.2, 0) is 11.3 Å². The molecule has 0 aliphatic carbocycles.